The van der Waals surface area contributed by atoms with Crippen molar-refractivity contribution in [1.82, 2.24) is 78.6 Å². The van der Waals surface area contributed by atoms with Crippen LogP contribution in [0.1, 0.15) is 275 Å². The van der Waals surface area contributed by atoms with Crippen LogP contribution in [0.15, 0.2) is 30.3 Å². The number of amides is 5. The Hall–Kier alpha value is -9.60. The number of piperidine rings is 1. The molecule has 0 radical (unpaired) electrons. The molecule has 4 unspecified atom stereocenters. The van der Waals surface area contributed by atoms with E-state index in [9.17, 15) is 32.4 Å². The molecule has 0 N–H and O–H groups in total. The molecule has 5 saturated carbocycles. The second kappa shape index (κ2) is 37.9. The molecule has 13 fully saturated rings. The smallest absolute Gasteiger partial charge is 0.258 e. The van der Waals surface area contributed by atoms with Crippen LogP contribution in [0.4, 0.5) is 17.5 Å². The summed E-state index contributed by atoms with van der Waals surface area (Å²) in [4.78, 5) is 138. The van der Waals surface area contributed by atoms with Crippen LogP contribution >= 0.6 is 56.7 Å². The van der Waals surface area contributed by atoms with Crippen molar-refractivity contribution in [2.75, 3.05) is 93.8 Å². The molecule has 10 aromatic rings. The van der Waals surface area contributed by atoms with Crippen molar-refractivity contribution in [2.24, 2.45) is 35.0 Å². The second-order valence-electron chi connectivity index (χ2n) is 44.1. The molecule has 0 aromatic carbocycles. The highest BCUT2D eigenvalue weighted by molar-refractivity contribution is 7.88. The number of hydrogen-bond donors (Lipinski definition) is 0. The molecular formula is C108H131N19O11S6. The lowest BCUT2D eigenvalue weighted by Crippen LogP contribution is -2.66. The van der Waals surface area contributed by atoms with Crippen LogP contribution in [0, 0.1) is 104 Å². The second-order valence-corrected chi connectivity index (χ2v) is 52.2. The minimum Gasteiger partial charge on any atom is -0.381 e. The number of rotatable bonds is 22. The molecule has 10 aromatic heterocycles. The van der Waals surface area contributed by atoms with Gasteiger partial charge in [0.1, 0.15) is 17.5 Å². The number of carbonyl (C=O) groups excluding carboxylic acids is 5. The zero-order valence-corrected chi connectivity index (χ0v) is 90.6. The Bertz CT molecular complexity index is 6930. The molecule has 28 rings (SSSR count). The van der Waals surface area contributed by atoms with E-state index in [-0.39, 0.29) is 65.8 Å². The third-order valence-corrected chi connectivity index (χ3v) is 40.0. The molecule has 18 aliphatic rings. The molecule has 1 spiro atoms. The normalized spacial score (nSPS) is 23.1. The standard InChI is InChI=1S/3C22H26N4O2S.C22H27N3O2S.C20H26N4O3S2/c1-12-19(29-14(3)23-12)17-6-16-7-26(13(2)15-4-5-15)21(27)18(16)20(24-17)25-8-22(9-25)10-28-11-22;1-11-20(29-13(3)23-11)18-6-15-8-25(12(2)14-4-5-14)22(27)19(15)21(24-18)26-9-17-7-16(26)10-28-17;1-11-20(29-13(3)23-11)18-6-15-8-26(12(2)14-4-5-14)22(27)19(15)21(24-18)25-9-16-7-17(10-25)28-16;1-12-21(28-14(3)23-12)18-10-17-11-25(13(2)15-4-5-15)22(26)19(17)20(24-18)16-6-8-27-9-7-16;1-11-19(28-13(3)21-11)16-8-15-9-24(12(2)14-6-7-14)20(25)18(15)17(22-16)10-23(4)29(5,26)27/h6,13,15H,4-5,7-11H2,1-3H3;2*6,12,14,16-17H,4-5,7-10H2,1-3H3;10,13,15-16H,4-9,11H2,1-3H3;8,12,14H,6-7,9-10H2,1-5H3/t13-;2*12-,16?,17?;13-;12-/m00000/s1. The van der Waals surface area contributed by atoms with Crippen LogP contribution in [0.25, 0.3) is 52.9 Å². The number of morpholine rings is 2. The van der Waals surface area contributed by atoms with Gasteiger partial charge >= 0.3 is 0 Å². The minimum atomic E-state index is -3.39. The zero-order chi connectivity index (χ0) is 100. The molecule has 30 nitrogen and oxygen atoms in total. The van der Waals surface area contributed by atoms with Gasteiger partial charge in [0.05, 0.1) is 208 Å². The Balaban J connectivity index is 0.0000000997. The van der Waals surface area contributed by atoms with Gasteiger partial charge in [-0.15, -0.1) is 56.7 Å². The zero-order valence-electron chi connectivity index (χ0n) is 85.7. The van der Waals surface area contributed by atoms with Crippen molar-refractivity contribution in [2.45, 2.75) is 293 Å². The first-order valence-electron chi connectivity index (χ1n) is 52.1. The lowest BCUT2D eigenvalue weighted by atomic mass is 9.78. The fourth-order valence-corrected chi connectivity index (χ4v) is 28.9. The Morgan fingerprint density at radius 3 is 1.05 bits per heavy atom. The van der Waals surface area contributed by atoms with Gasteiger partial charge in [0.15, 0.2) is 0 Å². The van der Waals surface area contributed by atoms with Crippen molar-refractivity contribution < 1.29 is 51.3 Å². The Labute approximate surface area is 863 Å². The van der Waals surface area contributed by atoms with Gasteiger partial charge in [-0.1, -0.05) is 0 Å². The number of sulfonamides is 1. The minimum absolute atomic E-state index is 0.0347. The Morgan fingerprint density at radius 1 is 0.396 bits per heavy atom. The van der Waals surface area contributed by atoms with Crippen LogP contribution in [0.5, 0.6) is 0 Å². The van der Waals surface area contributed by atoms with Gasteiger partial charge in [0.25, 0.3) is 29.5 Å². The van der Waals surface area contributed by atoms with E-state index in [2.05, 4.69) is 125 Å². The first-order chi connectivity index (χ1) is 69.0. The van der Waals surface area contributed by atoms with Gasteiger partial charge in [0.2, 0.25) is 10.0 Å². The maximum absolute atomic E-state index is 13.5. The molecule has 36 heteroatoms. The predicted molar refractivity (Wildman–Crippen MR) is 560 cm³/mol. The summed E-state index contributed by atoms with van der Waals surface area (Å²) in [5.74, 6) is 6.75. The summed E-state index contributed by atoms with van der Waals surface area (Å²) in [6.45, 7) is 42.8. The van der Waals surface area contributed by atoms with E-state index in [1.54, 1.807) is 56.7 Å². The molecule has 9 atom stereocenters. The van der Waals surface area contributed by atoms with Gasteiger partial charge in [0, 0.05) is 128 Å². The summed E-state index contributed by atoms with van der Waals surface area (Å²) in [7, 11) is -1.88. The molecule has 8 saturated heterocycles. The molecule has 4 bridgehead atoms. The summed E-state index contributed by atoms with van der Waals surface area (Å²) < 4.78 is 47.9. The average molecular weight is 2060 g/mol. The molecule has 5 aliphatic carbocycles. The van der Waals surface area contributed by atoms with Gasteiger partial charge in [-0.2, -0.15) is 4.31 Å². The first kappa shape index (κ1) is 97.8. The summed E-state index contributed by atoms with van der Waals surface area (Å²) in [5.41, 5.74) is 20.8. The molecule has 23 heterocycles. The maximum Gasteiger partial charge on any atom is 0.258 e. The highest BCUT2D eigenvalue weighted by Gasteiger charge is 2.54. The third-order valence-electron chi connectivity index (χ3n) is 33.2. The largest absolute Gasteiger partial charge is 0.381 e. The van der Waals surface area contributed by atoms with Crippen LogP contribution in [-0.2, 0) is 68.2 Å². The van der Waals surface area contributed by atoms with E-state index in [0.717, 1.165) is 290 Å². The van der Waals surface area contributed by atoms with E-state index >= 15 is 0 Å². The van der Waals surface area contributed by atoms with Crippen molar-refractivity contribution in [1.29, 1.82) is 0 Å². The highest BCUT2D eigenvalue weighted by atomic mass is 32.2. The monoisotopic (exact) mass is 2060 g/mol. The third kappa shape index (κ3) is 18.6. The fraction of sp³-hybridized carbons (Fsp3) is 0.583. The molecular weight excluding hydrogens is 1930 g/mol. The van der Waals surface area contributed by atoms with Crippen molar-refractivity contribution in [3.8, 4) is 52.9 Å². The number of aryl methyl sites for hydroxylation is 10. The number of carbonyl (C=O) groups is 5. The quantitative estimate of drug-likeness (QED) is 0.0608. The number of thiazole rings is 5. The maximum atomic E-state index is 13.5. The Kier molecular flexibility index (Phi) is 25.7. The highest BCUT2D eigenvalue weighted by Crippen LogP contribution is 2.52. The Morgan fingerprint density at radius 2 is 0.722 bits per heavy atom. The number of nitrogens with zero attached hydrogens (tertiary/aromatic N) is 19. The van der Waals surface area contributed by atoms with E-state index < -0.39 is 10.0 Å². The van der Waals surface area contributed by atoms with Gasteiger partial charge in [-0.25, -0.2) is 53.3 Å². The number of fused-ring (bicyclic) bond motifs is 9. The van der Waals surface area contributed by atoms with Crippen LogP contribution in [0.3, 0.4) is 0 Å². The topological polar surface area (TPSA) is 314 Å². The summed E-state index contributed by atoms with van der Waals surface area (Å²) in [6.07, 6.45) is 18.3. The molecule has 5 amide bonds. The number of ether oxygens (including phenoxy) is 4. The number of pyridine rings is 5. The average Bonchev–Trinajstić information content (AvgIpc) is 1.15. The molecule has 144 heavy (non-hydrogen) atoms. The van der Waals surface area contributed by atoms with E-state index in [1.165, 1.54) is 62.7 Å². The fourth-order valence-electron chi connectivity index (χ4n) is 24.1. The van der Waals surface area contributed by atoms with Crippen molar-refractivity contribution in [3.05, 3.63) is 151 Å². The number of hydrogen-bond acceptors (Lipinski definition) is 29. The summed E-state index contributed by atoms with van der Waals surface area (Å²) in [6, 6.07) is 12.3. The lowest BCUT2D eigenvalue weighted by molar-refractivity contribution is -0.133. The predicted octanol–water partition coefficient (Wildman–Crippen LogP) is 18.0. The van der Waals surface area contributed by atoms with Gasteiger partial charge in [-0.3, -0.25) is 29.0 Å². The van der Waals surface area contributed by atoms with Crippen LogP contribution < -0.4 is 14.7 Å². The van der Waals surface area contributed by atoms with Crippen molar-refractivity contribution in [3.63, 3.8) is 0 Å². The van der Waals surface area contributed by atoms with Gasteiger partial charge < -0.3 is 58.1 Å². The summed E-state index contributed by atoms with van der Waals surface area (Å²) >= 11 is 8.32. The van der Waals surface area contributed by atoms with Crippen LogP contribution in [0.2, 0.25) is 0 Å². The molecule has 13 aliphatic heterocycles. The van der Waals surface area contributed by atoms with Crippen LogP contribution in [-0.4, -0.2) is 250 Å². The van der Waals surface area contributed by atoms with E-state index in [4.69, 9.17) is 43.9 Å². The van der Waals surface area contributed by atoms with E-state index in [0.29, 0.717) is 110 Å². The first-order valence-corrected chi connectivity index (χ1v) is 58.0. The summed E-state index contributed by atoms with van der Waals surface area (Å²) in [5, 5.41) is 5.16. The van der Waals surface area contributed by atoms with E-state index in [1.807, 2.05) is 73.3 Å². The van der Waals surface area contributed by atoms with Gasteiger partial charge in [-0.05, 0) is 275 Å². The lowest BCUT2D eigenvalue weighted by Gasteiger charge is -2.55. The molecule has 760 valence electrons. The number of anilines is 3. The van der Waals surface area contributed by atoms with Crippen molar-refractivity contribution >= 4 is 114 Å². The number of aromatic nitrogens is 10. The SMILES string of the molecule is Cc1nc(C)c(-c2cc3c(c(C4CCOCC4)n2)C(=O)N([C@@H](C)C2CC2)C3)s1.Cc1nc(C)c(-c2cc3c(c(CN(C)S(C)(=O)=O)n2)C(=O)N([C@@H](C)C2CC2)C3)s1.Cc1nc(C)c(-c2cc3c(c(N4CC5(COC5)C4)n2)C(=O)N([C@@H](C)C2CC2)C3)s1.Cc1nc(C)c(-c2cc3c(c(N4CC5CC(C4)O5)n2)C(=O)N([C@@H](C)C2CC2)C3)s1.Cc1nc(C)c(-c2cc3c(c(N4CC5CC4CO5)n2)C(=O)N([C@@H](C)C2CC2)C3)s1.